The van der Waals surface area contributed by atoms with Gasteiger partial charge in [-0.3, -0.25) is 4.90 Å². The minimum atomic E-state index is 0. The molecular weight excluding hydrogens is 351 g/mol. The lowest BCUT2D eigenvalue weighted by Gasteiger charge is -2.35. The first-order valence-electron chi connectivity index (χ1n) is 6.23. The third kappa shape index (κ3) is 4.59. The summed E-state index contributed by atoms with van der Waals surface area (Å²) in [6.45, 7) is 4.15. The lowest BCUT2D eigenvalue weighted by molar-refractivity contribution is 0.141. The summed E-state index contributed by atoms with van der Waals surface area (Å²) >= 11 is 9.79. The molecule has 0 saturated carbocycles. The van der Waals surface area contributed by atoms with Crippen molar-refractivity contribution in [2.45, 2.75) is 12.5 Å². The van der Waals surface area contributed by atoms with Gasteiger partial charge in [0.2, 0.25) is 0 Å². The molecule has 1 aliphatic heterocycles. The Morgan fingerprint density at radius 3 is 2.68 bits per heavy atom. The Morgan fingerprint density at radius 2 is 2.05 bits per heavy atom. The minimum Gasteiger partial charge on any atom is -0.396 e. The van der Waals surface area contributed by atoms with E-state index in [1.807, 2.05) is 12.1 Å². The Balaban J connectivity index is 0.00000180. The molecule has 0 aromatic heterocycles. The fourth-order valence-electron chi connectivity index (χ4n) is 2.42. The van der Waals surface area contributed by atoms with Crippen LogP contribution in [0, 0.1) is 0 Å². The highest BCUT2D eigenvalue weighted by Gasteiger charge is 2.23. The predicted molar refractivity (Wildman–Crippen MR) is 85.3 cm³/mol. The lowest BCUT2D eigenvalue weighted by Crippen LogP contribution is -2.45. The van der Waals surface area contributed by atoms with E-state index in [0.717, 1.165) is 47.7 Å². The normalized spacial score (nSPS) is 17.8. The Kier molecular flexibility index (Phi) is 7.65. The van der Waals surface area contributed by atoms with Gasteiger partial charge in [0.05, 0.1) is 0 Å². The highest BCUT2D eigenvalue weighted by Crippen LogP contribution is 2.32. The number of hydrogen-bond donors (Lipinski definition) is 2. The van der Waals surface area contributed by atoms with Crippen LogP contribution in [0.25, 0.3) is 0 Å². The maximum Gasteiger partial charge on any atom is 0.0454 e. The monoisotopic (exact) mass is 368 g/mol. The fourth-order valence-corrected chi connectivity index (χ4v) is 3.04. The smallest absolute Gasteiger partial charge is 0.0454 e. The van der Waals surface area contributed by atoms with Crippen LogP contribution in [0.4, 0.5) is 0 Å². The van der Waals surface area contributed by atoms with E-state index in [-0.39, 0.29) is 25.1 Å². The summed E-state index contributed by atoms with van der Waals surface area (Å²) in [5.74, 6) is 0. The summed E-state index contributed by atoms with van der Waals surface area (Å²) in [5.41, 5.74) is 1.10. The summed E-state index contributed by atoms with van der Waals surface area (Å²) in [6.07, 6.45) is 0.718. The zero-order valence-corrected chi connectivity index (χ0v) is 13.8. The van der Waals surface area contributed by atoms with Crippen molar-refractivity contribution >= 4 is 39.9 Å². The third-order valence-corrected chi connectivity index (χ3v) is 4.15. The van der Waals surface area contributed by atoms with E-state index in [1.165, 1.54) is 0 Å². The summed E-state index contributed by atoms with van der Waals surface area (Å²) in [6, 6.07) is 6.11. The van der Waals surface area contributed by atoms with Gasteiger partial charge in [0.1, 0.15) is 0 Å². The first kappa shape index (κ1) is 17.2. The average Bonchev–Trinajstić information content (AvgIpc) is 2.40. The topological polar surface area (TPSA) is 35.5 Å². The van der Waals surface area contributed by atoms with Crippen molar-refractivity contribution in [3.05, 3.63) is 33.3 Å². The summed E-state index contributed by atoms with van der Waals surface area (Å²) in [7, 11) is 0. The molecule has 19 heavy (non-hydrogen) atoms. The maximum absolute atomic E-state index is 9.29. The molecule has 1 atom stereocenters. The van der Waals surface area contributed by atoms with Crippen molar-refractivity contribution in [2.75, 3.05) is 32.8 Å². The number of piperazine rings is 1. The zero-order valence-electron chi connectivity index (χ0n) is 10.6. The highest BCUT2D eigenvalue weighted by atomic mass is 79.9. The first-order valence-corrected chi connectivity index (χ1v) is 7.40. The molecule has 6 heteroatoms. The van der Waals surface area contributed by atoms with Gasteiger partial charge in [0.25, 0.3) is 0 Å². The van der Waals surface area contributed by atoms with Crippen LogP contribution in [0.3, 0.4) is 0 Å². The lowest BCUT2D eigenvalue weighted by atomic mass is 10.0. The molecule has 1 aliphatic rings. The molecule has 108 valence electrons. The molecule has 2 N–H and O–H groups in total. The van der Waals surface area contributed by atoms with Gasteiger partial charge in [-0.05, 0) is 30.2 Å². The molecule has 0 bridgehead atoms. The second kappa shape index (κ2) is 8.45. The van der Waals surface area contributed by atoms with Gasteiger partial charge in [-0.15, -0.1) is 12.4 Å². The minimum absolute atomic E-state index is 0. The van der Waals surface area contributed by atoms with Gasteiger partial charge in [0.15, 0.2) is 0 Å². The number of nitrogens with zero attached hydrogens (tertiary/aromatic N) is 1. The van der Waals surface area contributed by atoms with E-state index in [9.17, 15) is 5.11 Å². The largest absolute Gasteiger partial charge is 0.396 e. The molecule has 1 aromatic rings. The molecule has 0 radical (unpaired) electrons. The molecule has 2 rings (SSSR count). The van der Waals surface area contributed by atoms with Crippen LogP contribution in [0.15, 0.2) is 22.7 Å². The van der Waals surface area contributed by atoms with E-state index in [1.54, 1.807) is 0 Å². The van der Waals surface area contributed by atoms with Crippen molar-refractivity contribution in [1.82, 2.24) is 10.2 Å². The van der Waals surface area contributed by atoms with E-state index in [4.69, 9.17) is 11.6 Å². The van der Waals surface area contributed by atoms with Crippen LogP contribution in [0.1, 0.15) is 18.0 Å². The Hall–Kier alpha value is 0.160. The van der Waals surface area contributed by atoms with E-state index >= 15 is 0 Å². The van der Waals surface area contributed by atoms with E-state index in [0.29, 0.717) is 0 Å². The molecule has 0 unspecified atom stereocenters. The predicted octanol–water partition coefficient (Wildman–Crippen LogP) is 2.85. The summed E-state index contributed by atoms with van der Waals surface area (Å²) in [4.78, 5) is 2.39. The van der Waals surface area contributed by atoms with Crippen molar-refractivity contribution in [2.24, 2.45) is 0 Å². The van der Waals surface area contributed by atoms with Crippen molar-refractivity contribution in [3.63, 3.8) is 0 Å². The Labute approximate surface area is 133 Å². The Bertz CT molecular complexity index is 400. The number of aliphatic hydroxyl groups is 1. The third-order valence-electron chi connectivity index (χ3n) is 3.31. The number of benzene rings is 1. The SMILES string of the molecule is Cl.OCC[C@H](c1cc(Br)ccc1Cl)N1CCNCC1. The van der Waals surface area contributed by atoms with Crippen LogP contribution in [0.5, 0.6) is 0 Å². The van der Waals surface area contributed by atoms with Crippen LogP contribution < -0.4 is 5.32 Å². The van der Waals surface area contributed by atoms with Crippen molar-refractivity contribution < 1.29 is 5.11 Å². The molecular formula is C13H19BrCl2N2O. The molecule has 1 heterocycles. The van der Waals surface area contributed by atoms with Crippen molar-refractivity contribution in [3.8, 4) is 0 Å². The molecule has 1 aromatic carbocycles. The fraction of sp³-hybridized carbons (Fsp3) is 0.538. The molecule has 0 aliphatic carbocycles. The van der Waals surface area contributed by atoms with Gasteiger partial charge in [-0.1, -0.05) is 27.5 Å². The van der Waals surface area contributed by atoms with Gasteiger partial charge >= 0.3 is 0 Å². The standard InChI is InChI=1S/C13H18BrClN2O.ClH/c14-10-1-2-12(15)11(9-10)13(3-8-18)17-6-4-16-5-7-17;/h1-2,9,13,16,18H,3-8H2;1H/t13-;/m1./s1. The second-order valence-corrected chi connectivity index (χ2v) is 5.80. The van der Waals surface area contributed by atoms with E-state index < -0.39 is 0 Å². The van der Waals surface area contributed by atoms with Crippen LogP contribution in [-0.4, -0.2) is 42.8 Å². The second-order valence-electron chi connectivity index (χ2n) is 4.48. The van der Waals surface area contributed by atoms with E-state index in [2.05, 4.69) is 32.2 Å². The van der Waals surface area contributed by atoms with Crippen LogP contribution in [-0.2, 0) is 0 Å². The van der Waals surface area contributed by atoms with Crippen molar-refractivity contribution in [1.29, 1.82) is 0 Å². The average molecular weight is 370 g/mol. The highest BCUT2D eigenvalue weighted by molar-refractivity contribution is 9.10. The molecule has 3 nitrogen and oxygen atoms in total. The molecule has 1 saturated heterocycles. The van der Waals surface area contributed by atoms with Crippen LogP contribution in [0.2, 0.25) is 5.02 Å². The van der Waals surface area contributed by atoms with Gasteiger partial charge in [-0.2, -0.15) is 0 Å². The van der Waals surface area contributed by atoms with Gasteiger partial charge in [-0.25, -0.2) is 0 Å². The quantitative estimate of drug-likeness (QED) is 0.856. The van der Waals surface area contributed by atoms with Crippen LogP contribution >= 0.6 is 39.9 Å². The molecule has 0 amide bonds. The van der Waals surface area contributed by atoms with Gasteiger partial charge in [0, 0.05) is 48.3 Å². The number of hydrogen-bond acceptors (Lipinski definition) is 3. The number of nitrogens with one attached hydrogen (secondary N) is 1. The first-order chi connectivity index (χ1) is 8.72. The summed E-state index contributed by atoms with van der Waals surface area (Å²) < 4.78 is 1.03. The number of aliphatic hydroxyl groups excluding tert-OH is 1. The summed E-state index contributed by atoms with van der Waals surface area (Å²) in [5, 5.41) is 13.4. The number of rotatable bonds is 4. The zero-order chi connectivity index (χ0) is 13.0. The molecule has 1 fully saturated rings. The Morgan fingerprint density at radius 1 is 1.37 bits per heavy atom. The molecule has 0 spiro atoms. The maximum atomic E-state index is 9.29. The van der Waals surface area contributed by atoms with Gasteiger partial charge < -0.3 is 10.4 Å². The number of halogens is 3.